The van der Waals surface area contributed by atoms with Gasteiger partial charge in [-0.1, -0.05) is 12.1 Å². The molecule has 0 saturated heterocycles. The summed E-state index contributed by atoms with van der Waals surface area (Å²) in [7, 11) is 3.33. The average molecular weight is 346 g/mol. The minimum absolute atomic E-state index is 0.00645. The van der Waals surface area contributed by atoms with Crippen LogP contribution in [0.25, 0.3) is 0 Å². The number of nitro benzene ring substituents is 1. The zero-order valence-corrected chi connectivity index (χ0v) is 13.4. The second-order valence-electron chi connectivity index (χ2n) is 5.24. The van der Waals surface area contributed by atoms with Crippen LogP contribution in [0.2, 0.25) is 0 Å². The minimum atomic E-state index is -0.844. The lowest BCUT2D eigenvalue weighted by atomic mass is 10.1. The van der Waals surface area contributed by atoms with Gasteiger partial charge in [-0.25, -0.2) is 4.39 Å². The molecule has 2 rings (SSSR count). The van der Waals surface area contributed by atoms with Gasteiger partial charge in [0.1, 0.15) is 5.82 Å². The second-order valence-corrected chi connectivity index (χ2v) is 5.24. The monoisotopic (exact) mass is 346 g/mol. The highest BCUT2D eigenvalue weighted by atomic mass is 19.1. The molecule has 2 N–H and O–H groups in total. The summed E-state index contributed by atoms with van der Waals surface area (Å²) in [6, 6.07) is 9.06. The molecule has 2 aromatic rings. The summed E-state index contributed by atoms with van der Waals surface area (Å²) >= 11 is 0. The molecule has 0 radical (unpaired) electrons. The highest BCUT2D eigenvalue weighted by Gasteiger charge is 2.19. The third-order valence-electron chi connectivity index (χ3n) is 3.33. The molecule has 0 atom stereocenters. The molecular weight excluding hydrogens is 331 g/mol. The third-order valence-corrected chi connectivity index (χ3v) is 3.33. The Kier molecular flexibility index (Phi) is 5.28. The molecule has 25 heavy (non-hydrogen) atoms. The van der Waals surface area contributed by atoms with E-state index in [9.17, 15) is 24.1 Å². The normalized spacial score (nSPS) is 10.0. The third kappa shape index (κ3) is 4.08. The molecule has 0 aliphatic rings. The van der Waals surface area contributed by atoms with Crippen LogP contribution >= 0.6 is 0 Å². The van der Waals surface area contributed by atoms with E-state index < -0.39 is 22.6 Å². The van der Waals surface area contributed by atoms with Gasteiger partial charge in [-0.15, -0.1) is 0 Å². The van der Waals surface area contributed by atoms with Gasteiger partial charge >= 0.3 is 0 Å². The van der Waals surface area contributed by atoms with Crippen molar-refractivity contribution in [2.75, 3.05) is 19.0 Å². The molecule has 130 valence electrons. The number of rotatable bonds is 4. The predicted molar refractivity (Wildman–Crippen MR) is 88.8 cm³/mol. The number of halogens is 1. The maximum absolute atomic E-state index is 13.5. The van der Waals surface area contributed by atoms with E-state index in [-0.39, 0.29) is 16.8 Å². The summed E-state index contributed by atoms with van der Waals surface area (Å²) in [5, 5.41) is 10.9. The fraction of sp³-hybridized carbons (Fsp3) is 0.125. The van der Waals surface area contributed by atoms with Gasteiger partial charge in [0.15, 0.2) is 0 Å². The van der Waals surface area contributed by atoms with Crippen molar-refractivity contribution < 1.29 is 18.9 Å². The molecule has 9 heteroatoms. The van der Waals surface area contributed by atoms with Gasteiger partial charge in [0, 0.05) is 31.9 Å². The number of nitrogens with one attached hydrogen (secondary N) is 2. The number of nitro groups is 1. The van der Waals surface area contributed by atoms with Crippen molar-refractivity contribution >= 4 is 23.2 Å². The molecule has 0 saturated carbocycles. The van der Waals surface area contributed by atoms with E-state index in [2.05, 4.69) is 10.9 Å². The molecule has 0 unspecified atom stereocenters. The number of benzene rings is 2. The molecule has 2 amide bonds. The lowest BCUT2D eigenvalue weighted by Crippen LogP contribution is -2.42. The number of hydrogen-bond acceptors (Lipinski definition) is 5. The molecule has 2 aromatic carbocycles. The molecule has 0 fully saturated rings. The zero-order chi connectivity index (χ0) is 18.6. The second kappa shape index (κ2) is 7.39. The van der Waals surface area contributed by atoms with Crippen molar-refractivity contribution in [3.05, 3.63) is 69.5 Å². The van der Waals surface area contributed by atoms with Crippen LogP contribution in [-0.4, -0.2) is 30.8 Å². The van der Waals surface area contributed by atoms with E-state index in [1.54, 1.807) is 19.0 Å². The number of anilines is 1. The van der Waals surface area contributed by atoms with E-state index in [0.717, 1.165) is 12.1 Å². The number of nitrogens with zero attached hydrogens (tertiary/aromatic N) is 2. The Morgan fingerprint density at radius 3 is 2.20 bits per heavy atom. The van der Waals surface area contributed by atoms with E-state index in [4.69, 9.17) is 0 Å². The van der Waals surface area contributed by atoms with Crippen molar-refractivity contribution in [3.63, 3.8) is 0 Å². The van der Waals surface area contributed by atoms with Gasteiger partial charge < -0.3 is 4.90 Å². The van der Waals surface area contributed by atoms with Crippen LogP contribution in [0.4, 0.5) is 15.8 Å². The Bertz CT molecular complexity index is 839. The minimum Gasteiger partial charge on any atom is -0.377 e. The van der Waals surface area contributed by atoms with Gasteiger partial charge in [-0.05, 0) is 18.2 Å². The largest absolute Gasteiger partial charge is 0.377 e. The molecule has 0 spiro atoms. The lowest BCUT2D eigenvalue weighted by Gasteiger charge is -2.17. The maximum atomic E-state index is 13.5. The Hall–Kier alpha value is -3.49. The SMILES string of the molecule is CN(C)c1ccc([N+](=O)[O-])cc1C(=O)NNC(=O)c1ccccc1F. The van der Waals surface area contributed by atoms with Crippen molar-refractivity contribution in [2.45, 2.75) is 0 Å². The Morgan fingerprint density at radius 1 is 1.04 bits per heavy atom. The van der Waals surface area contributed by atoms with E-state index in [1.165, 1.54) is 30.3 Å². The Balaban J connectivity index is 2.20. The molecular formula is C16H15FN4O4. The predicted octanol–water partition coefficient (Wildman–Crippen LogP) is 1.87. The van der Waals surface area contributed by atoms with E-state index in [1.807, 2.05) is 0 Å². The van der Waals surface area contributed by atoms with Crippen molar-refractivity contribution in [2.24, 2.45) is 0 Å². The van der Waals surface area contributed by atoms with Crippen LogP contribution in [-0.2, 0) is 0 Å². The van der Waals surface area contributed by atoms with Crippen LogP contribution in [0.1, 0.15) is 20.7 Å². The smallest absolute Gasteiger partial charge is 0.272 e. The topological polar surface area (TPSA) is 105 Å². The zero-order valence-electron chi connectivity index (χ0n) is 13.4. The number of carbonyl (C=O) groups excluding carboxylic acids is 2. The van der Waals surface area contributed by atoms with Crippen LogP contribution in [0.3, 0.4) is 0 Å². The first-order valence-corrected chi connectivity index (χ1v) is 7.12. The van der Waals surface area contributed by atoms with Crippen LogP contribution in [0, 0.1) is 15.9 Å². The number of carbonyl (C=O) groups is 2. The van der Waals surface area contributed by atoms with E-state index in [0.29, 0.717) is 5.69 Å². The summed E-state index contributed by atoms with van der Waals surface area (Å²) in [6.45, 7) is 0. The molecule has 0 heterocycles. The first kappa shape index (κ1) is 17.9. The summed E-state index contributed by atoms with van der Waals surface area (Å²) in [5.41, 5.74) is 4.12. The summed E-state index contributed by atoms with van der Waals surface area (Å²) in [5.74, 6) is -2.35. The number of amides is 2. The molecule has 8 nitrogen and oxygen atoms in total. The number of hydrazine groups is 1. The fourth-order valence-corrected chi connectivity index (χ4v) is 2.10. The van der Waals surface area contributed by atoms with Gasteiger partial charge in [0.05, 0.1) is 16.1 Å². The first-order valence-electron chi connectivity index (χ1n) is 7.12. The van der Waals surface area contributed by atoms with Gasteiger partial charge in [0.25, 0.3) is 17.5 Å². The lowest BCUT2D eigenvalue weighted by molar-refractivity contribution is -0.384. The number of non-ortho nitro benzene ring substituents is 1. The van der Waals surface area contributed by atoms with Crippen LogP contribution < -0.4 is 15.8 Å². The molecule has 0 aliphatic carbocycles. The molecule has 0 aliphatic heterocycles. The molecule has 0 bridgehead atoms. The quantitative estimate of drug-likeness (QED) is 0.650. The summed E-state index contributed by atoms with van der Waals surface area (Å²) < 4.78 is 13.5. The highest BCUT2D eigenvalue weighted by molar-refractivity contribution is 6.02. The van der Waals surface area contributed by atoms with E-state index >= 15 is 0 Å². The van der Waals surface area contributed by atoms with Crippen molar-refractivity contribution in [3.8, 4) is 0 Å². The number of hydrogen-bond donors (Lipinski definition) is 2. The Labute approximate surface area is 142 Å². The van der Waals surface area contributed by atoms with Gasteiger partial charge in [-0.2, -0.15) is 0 Å². The summed E-state index contributed by atoms with van der Waals surface area (Å²) in [4.78, 5) is 36.1. The fourth-order valence-electron chi connectivity index (χ4n) is 2.10. The maximum Gasteiger partial charge on any atom is 0.272 e. The first-order chi connectivity index (χ1) is 11.8. The summed E-state index contributed by atoms with van der Waals surface area (Å²) in [6.07, 6.45) is 0. The average Bonchev–Trinajstić information content (AvgIpc) is 2.59. The van der Waals surface area contributed by atoms with Crippen LogP contribution in [0.15, 0.2) is 42.5 Å². The standard InChI is InChI=1S/C16H15FN4O4/c1-20(2)14-8-7-10(21(24)25)9-12(14)16(23)19-18-15(22)11-5-3-4-6-13(11)17/h3-9H,1-2H3,(H,18,22)(H,19,23). The van der Waals surface area contributed by atoms with Crippen LogP contribution in [0.5, 0.6) is 0 Å². The molecule has 0 aromatic heterocycles. The van der Waals surface area contributed by atoms with Gasteiger partial charge in [0.2, 0.25) is 0 Å². The van der Waals surface area contributed by atoms with Crippen molar-refractivity contribution in [1.29, 1.82) is 0 Å². The van der Waals surface area contributed by atoms with Gasteiger partial charge in [-0.3, -0.25) is 30.6 Å². The highest BCUT2D eigenvalue weighted by Crippen LogP contribution is 2.24. The van der Waals surface area contributed by atoms with Crippen molar-refractivity contribution in [1.82, 2.24) is 10.9 Å². The Morgan fingerprint density at radius 2 is 1.64 bits per heavy atom.